The van der Waals surface area contributed by atoms with Gasteiger partial charge in [-0.05, 0) is 55.9 Å². The topological polar surface area (TPSA) is 87.3 Å². The highest BCUT2D eigenvalue weighted by atomic mass is 16.2. The summed E-state index contributed by atoms with van der Waals surface area (Å²) in [6.45, 7) is 0.841. The van der Waals surface area contributed by atoms with E-state index in [1.165, 1.54) is 19.3 Å². The minimum absolute atomic E-state index is 0.0468. The quantitative estimate of drug-likeness (QED) is 0.614. The number of nitrogens with one attached hydrogen (secondary N) is 3. The fraction of sp³-hybridized carbons (Fsp3) is 0.571. The maximum Gasteiger partial charge on any atom is 0.251 e. The summed E-state index contributed by atoms with van der Waals surface area (Å²) >= 11 is 0. The molecule has 1 aromatic rings. The summed E-state index contributed by atoms with van der Waals surface area (Å²) in [4.78, 5) is 35.8. The van der Waals surface area contributed by atoms with Gasteiger partial charge >= 0.3 is 0 Å². The van der Waals surface area contributed by atoms with Crippen molar-refractivity contribution in [1.29, 1.82) is 0 Å². The highest BCUT2D eigenvalue weighted by molar-refractivity contribution is 5.95. The second-order valence-electron chi connectivity index (χ2n) is 7.65. The monoisotopic (exact) mass is 371 g/mol. The van der Waals surface area contributed by atoms with Gasteiger partial charge in [-0.2, -0.15) is 0 Å². The maximum atomic E-state index is 12.2. The zero-order valence-corrected chi connectivity index (χ0v) is 15.8. The molecule has 0 spiro atoms. The number of amides is 3. The van der Waals surface area contributed by atoms with Crippen molar-refractivity contribution in [2.24, 2.45) is 11.8 Å². The van der Waals surface area contributed by atoms with E-state index >= 15 is 0 Å². The number of carbonyl (C=O) groups is 3. The summed E-state index contributed by atoms with van der Waals surface area (Å²) in [6, 6.07) is 6.91. The number of hydrogen-bond acceptors (Lipinski definition) is 3. The normalized spacial score (nSPS) is 17.2. The lowest BCUT2D eigenvalue weighted by molar-refractivity contribution is -0.122. The van der Waals surface area contributed by atoms with Crippen LogP contribution in [0, 0.1) is 11.8 Å². The lowest BCUT2D eigenvalue weighted by atomic mass is 9.87. The average Bonchev–Trinajstić information content (AvgIpc) is 3.51. The number of carbonyl (C=O) groups excluding carboxylic acids is 3. The third-order valence-corrected chi connectivity index (χ3v) is 5.29. The first-order valence-corrected chi connectivity index (χ1v) is 10.1. The molecule has 0 unspecified atom stereocenters. The SMILES string of the molecule is O=C(CC1CCCCC1)Nc1ccc(C(=O)NCCNC(=O)C2CC2)cc1. The van der Waals surface area contributed by atoms with E-state index in [0.29, 0.717) is 36.7 Å². The fourth-order valence-electron chi connectivity index (χ4n) is 3.52. The number of anilines is 1. The van der Waals surface area contributed by atoms with E-state index in [-0.39, 0.29) is 23.6 Å². The van der Waals surface area contributed by atoms with Crippen LogP contribution in [0.4, 0.5) is 5.69 Å². The van der Waals surface area contributed by atoms with E-state index in [1.807, 2.05) is 0 Å². The van der Waals surface area contributed by atoms with Gasteiger partial charge in [-0.15, -0.1) is 0 Å². The van der Waals surface area contributed by atoms with E-state index in [0.717, 1.165) is 25.7 Å². The Morgan fingerprint density at radius 3 is 2.19 bits per heavy atom. The molecule has 146 valence electrons. The Labute approximate surface area is 160 Å². The second kappa shape index (κ2) is 9.53. The van der Waals surface area contributed by atoms with E-state index in [1.54, 1.807) is 24.3 Å². The van der Waals surface area contributed by atoms with Crippen molar-refractivity contribution in [3.8, 4) is 0 Å². The lowest BCUT2D eigenvalue weighted by Gasteiger charge is -2.20. The first-order valence-electron chi connectivity index (χ1n) is 10.1. The van der Waals surface area contributed by atoms with Gasteiger partial charge in [0.25, 0.3) is 5.91 Å². The molecular weight excluding hydrogens is 342 g/mol. The molecule has 2 aliphatic carbocycles. The van der Waals surface area contributed by atoms with Crippen molar-refractivity contribution in [2.75, 3.05) is 18.4 Å². The smallest absolute Gasteiger partial charge is 0.251 e. The van der Waals surface area contributed by atoms with Gasteiger partial charge in [0.05, 0.1) is 0 Å². The van der Waals surface area contributed by atoms with Gasteiger partial charge in [-0.25, -0.2) is 0 Å². The molecule has 0 heterocycles. The fourth-order valence-corrected chi connectivity index (χ4v) is 3.52. The van der Waals surface area contributed by atoms with Crippen LogP contribution in [0.15, 0.2) is 24.3 Å². The zero-order chi connectivity index (χ0) is 19.1. The van der Waals surface area contributed by atoms with Crippen molar-refractivity contribution >= 4 is 23.4 Å². The summed E-state index contributed by atoms with van der Waals surface area (Å²) in [7, 11) is 0. The maximum absolute atomic E-state index is 12.2. The summed E-state index contributed by atoms with van der Waals surface area (Å²) < 4.78 is 0. The lowest BCUT2D eigenvalue weighted by Crippen LogP contribution is -2.35. The molecule has 27 heavy (non-hydrogen) atoms. The Bertz CT molecular complexity index is 662. The van der Waals surface area contributed by atoms with E-state index < -0.39 is 0 Å². The average molecular weight is 371 g/mol. The van der Waals surface area contributed by atoms with E-state index in [9.17, 15) is 14.4 Å². The summed E-state index contributed by atoms with van der Waals surface area (Å²) in [5.74, 6) is 0.629. The van der Waals surface area contributed by atoms with Crippen LogP contribution in [0.25, 0.3) is 0 Å². The summed E-state index contributed by atoms with van der Waals surface area (Å²) in [5, 5.41) is 8.52. The molecule has 0 aromatic heterocycles. The van der Waals surface area contributed by atoms with Crippen LogP contribution in [-0.2, 0) is 9.59 Å². The Balaban J connectivity index is 1.37. The largest absolute Gasteiger partial charge is 0.354 e. The van der Waals surface area contributed by atoms with Gasteiger partial charge in [0.15, 0.2) is 0 Å². The Morgan fingerprint density at radius 1 is 0.852 bits per heavy atom. The molecule has 0 aliphatic heterocycles. The minimum atomic E-state index is -0.184. The highest BCUT2D eigenvalue weighted by Crippen LogP contribution is 2.28. The summed E-state index contributed by atoms with van der Waals surface area (Å²) in [6.07, 6.45) is 8.56. The molecule has 2 aliphatic rings. The predicted octanol–water partition coefficient (Wildman–Crippen LogP) is 2.85. The third-order valence-electron chi connectivity index (χ3n) is 5.29. The molecule has 1 aromatic carbocycles. The molecule has 0 bridgehead atoms. The van der Waals surface area contributed by atoms with Crippen LogP contribution in [0.3, 0.4) is 0 Å². The predicted molar refractivity (Wildman–Crippen MR) is 104 cm³/mol. The molecule has 3 amide bonds. The van der Waals surface area contributed by atoms with Crippen LogP contribution in [0.2, 0.25) is 0 Å². The first kappa shape index (κ1) is 19.4. The summed E-state index contributed by atoms with van der Waals surface area (Å²) in [5.41, 5.74) is 1.25. The third kappa shape index (κ3) is 6.38. The number of hydrogen-bond donors (Lipinski definition) is 3. The van der Waals surface area contributed by atoms with Crippen molar-refractivity contribution < 1.29 is 14.4 Å². The molecule has 0 saturated heterocycles. The van der Waals surface area contributed by atoms with Crippen LogP contribution >= 0.6 is 0 Å². The van der Waals surface area contributed by atoms with Crippen LogP contribution < -0.4 is 16.0 Å². The van der Waals surface area contributed by atoms with Gasteiger partial charge in [-0.3, -0.25) is 14.4 Å². The van der Waals surface area contributed by atoms with Crippen molar-refractivity contribution in [2.45, 2.75) is 51.4 Å². The van der Waals surface area contributed by atoms with Crippen molar-refractivity contribution in [3.05, 3.63) is 29.8 Å². The molecule has 2 fully saturated rings. The Morgan fingerprint density at radius 2 is 1.52 bits per heavy atom. The van der Waals surface area contributed by atoms with Gasteiger partial charge in [0.1, 0.15) is 0 Å². The van der Waals surface area contributed by atoms with E-state index in [4.69, 9.17) is 0 Å². The van der Waals surface area contributed by atoms with Crippen LogP contribution in [0.1, 0.15) is 61.7 Å². The first-order chi connectivity index (χ1) is 13.1. The second-order valence-corrected chi connectivity index (χ2v) is 7.65. The molecule has 0 radical (unpaired) electrons. The molecule has 0 atom stereocenters. The number of rotatable bonds is 8. The Hall–Kier alpha value is -2.37. The molecule has 6 nitrogen and oxygen atoms in total. The van der Waals surface area contributed by atoms with E-state index in [2.05, 4.69) is 16.0 Å². The molecular formula is C21H29N3O3. The van der Waals surface area contributed by atoms with Crippen LogP contribution in [0.5, 0.6) is 0 Å². The molecule has 3 N–H and O–H groups in total. The van der Waals surface area contributed by atoms with Gasteiger partial charge in [0, 0.05) is 36.7 Å². The minimum Gasteiger partial charge on any atom is -0.354 e. The molecule has 3 rings (SSSR count). The zero-order valence-electron chi connectivity index (χ0n) is 15.8. The van der Waals surface area contributed by atoms with Crippen LogP contribution in [-0.4, -0.2) is 30.8 Å². The van der Waals surface area contributed by atoms with Crippen molar-refractivity contribution in [1.82, 2.24) is 10.6 Å². The molecule has 2 saturated carbocycles. The number of benzene rings is 1. The molecule has 6 heteroatoms. The van der Waals surface area contributed by atoms with Gasteiger partial charge in [0.2, 0.25) is 11.8 Å². The standard InChI is InChI=1S/C21H29N3O3/c25-19(14-15-4-2-1-3-5-15)24-18-10-8-17(9-11-18)21(27)23-13-12-22-20(26)16-6-7-16/h8-11,15-16H,1-7,12-14H2,(H,22,26)(H,23,27)(H,24,25). The van der Waals surface area contributed by atoms with Crippen molar-refractivity contribution in [3.63, 3.8) is 0 Å². The highest BCUT2D eigenvalue weighted by Gasteiger charge is 2.29. The Kier molecular flexibility index (Phi) is 6.85. The van der Waals surface area contributed by atoms with Gasteiger partial charge < -0.3 is 16.0 Å². The van der Waals surface area contributed by atoms with Gasteiger partial charge in [-0.1, -0.05) is 19.3 Å².